The maximum absolute atomic E-state index is 5.87. The third kappa shape index (κ3) is 3.56. The Hall–Kier alpha value is -0.730. The second-order valence-corrected chi connectivity index (χ2v) is 4.43. The predicted molar refractivity (Wildman–Crippen MR) is 63.1 cm³/mol. The number of hydrogen-bond donors (Lipinski definition) is 2. The first-order valence-corrected chi connectivity index (χ1v) is 5.10. The largest absolute Gasteiger partial charge is 0.383 e. The van der Waals surface area contributed by atoms with Crippen molar-refractivity contribution < 1.29 is 0 Å². The van der Waals surface area contributed by atoms with E-state index in [4.69, 9.17) is 11.6 Å². The van der Waals surface area contributed by atoms with Crippen molar-refractivity contribution in [2.75, 3.05) is 18.9 Å². The lowest BCUT2D eigenvalue weighted by atomic mass is 10.1. The van der Waals surface area contributed by atoms with E-state index >= 15 is 0 Å². The Kier molecular flexibility index (Phi) is 3.78. The first-order chi connectivity index (χ1) is 6.53. The molecule has 78 valence electrons. The van der Waals surface area contributed by atoms with Crippen molar-refractivity contribution in [2.45, 2.75) is 19.4 Å². The molecule has 0 saturated heterocycles. The highest BCUT2D eigenvalue weighted by molar-refractivity contribution is 6.30. The van der Waals surface area contributed by atoms with Crippen LogP contribution in [-0.4, -0.2) is 19.1 Å². The molecule has 0 aliphatic rings. The average Bonchev–Trinajstić information content (AvgIpc) is 2.15. The van der Waals surface area contributed by atoms with Crippen LogP contribution in [0, 0.1) is 0 Å². The Bertz CT molecular complexity index is 297. The summed E-state index contributed by atoms with van der Waals surface area (Å²) in [5, 5.41) is 7.32. The van der Waals surface area contributed by atoms with E-state index < -0.39 is 0 Å². The minimum Gasteiger partial charge on any atom is -0.383 e. The van der Waals surface area contributed by atoms with Gasteiger partial charge in [-0.2, -0.15) is 0 Å². The van der Waals surface area contributed by atoms with Crippen LogP contribution in [0.1, 0.15) is 13.8 Å². The second kappa shape index (κ2) is 4.67. The van der Waals surface area contributed by atoms with Gasteiger partial charge < -0.3 is 10.6 Å². The van der Waals surface area contributed by atoms with Crippen LogP contribution in [0.5, 0.6) is 0 Å². The molecular weight excluding hydrogens is 196 g/mol. The van der Waals surface area contributed by atoms with Crippen molar-refractivity contribution in [1.29, 1.82) is 0 Å². The molecule has 0 atom stereocenters. The van der Waals surface area contributed by atoms with Crippen LogP contribution in [0.3, 0.4) is 0 Å². The van der Waals surface area contributed by atoms with Gasteiger partial charge in [0.1, 0.15) is 0 Å². The highest BCUT2D eigenvalue weighted by Crippen LogP contribution is 2.15. The van der Waals surface area contributed by atoms with Crippen molar-refractivity contribution in [3.05, 3.63) is 29.3 Å². The summed E-state index contributed by atoms with van der Waals surface area (Å²) in [5.41, 5.74) is 1.14. The molecule has 14 heavy (non-hydrogen) atoms. The second-order valence-electron chi connectivity index (χ2n) is 4.00. The smallest absolute Gasteiger partial charge is 0.0426 e. The summed E-state index contributed by atoms with van der Waals surface area (Å²) >= 11 is 5.87. The van der Waals surface area contributed by atoms with Gasteiger partial charge in [-0.3, -0.25) is 0 Å². The van der Waals surface area contributed by atoms with Gasteiger partial charge in [0.15, 0.2) is 0 Å². The zero-order valence-electron chi connectivity index (χ0n) is 8.89. The minimum atomic E-state index is 0.0856. The molecule has 0 spiro atoms. The molecule has 1 rings (SSSR count). The van der Waals surface area contributed by atoms with Crippen molar-refractivity contribution >= 4 is 17.3 Å². The molecule has 0 saturated carbocycles. The Morgan fingerprint density at radius 2 is 2.07 bits per heavy atom. The summed E-state index contributed by atoms with van der Waals surface area (Å²) in [6.45, 7) is 5.15. The summed E-state index contributed by atoms with van der Waals surface area (Å²) in [6.07, 6.45) is 0. The van der Waals surface area contributed by atoms with Gasteiger partial charge in [0.2, 0.25) is 0 Å². The van der Waals surface area contributed by atoms with E-state index in [1.807, 2.05) is 31.3 Å². The van der Waals surface area contributed by atoms with Crippen molar-refractivity contribution in [1.82, 2.24) is 5.32 Å². The minimum absolute atomic E-state index is 0.0856. The van der Waals surface area contributed by atoms with Crippen LogP contribution in [0.2, 0.25) is 5.02 Å². The number of rotatable bonds is 4. The molecule has 2 N–H and O–H groups in total. The van der Waals surface area contributed by atoms with Gasteiger partial charge in [0.25, 0.3) is 0 Å². The summed E-state index contributed by atoms with van der Waals surface area (Å²) in [7, 11) is 1.96. The summed E-state index contributed by atoms with van der Waals surface area (Å²) in [6, 6.07) is 7.75. The third-order valence-electron chi connectivity index (χ3n) is 2.24. The van der Waals surface area contributed by atoms with E-state index in [1.165, 1.54) is 0 Å². The van der Waals surface area contributed by atoms with E-state index in [9.17, 15) is 0 Å². The molecule has 2 nitrogen and oxygen atoms in total. The van der Waals surface area contributed by atoms with E-state index in [0.29, 0.717) is 0 Å². The summed E-state index contributed by atoms with van der Waals surface area (Å²) in [5.74, 6) is 0. The molecule has 1 aromatic carbocycles. The molecule has 0 fully saturated rings. The molecule has 0 amide bonds. The fourth-order valence-electron chi connectivity index (χ4n) is 1.01. The van der Waals surface area contributed by atoms with Crippen molar-refractivity contribution in [2.24, 2.45) is 0 Å². The number of hydrogen-bond acceptors (Lipinski definition) is 2. The van der Waals surface area contributed by atoms with Gasteiger partial charge in [0.05, 0.1) is 0 Å². The lowest BCUT2D eigenvalue weighted by molar-refractivity contribution is 0.448. The van der Waals surface area contributed by atoms with Crippen LogP contribution in [-0.2, 0) is 0 Å². The van der Waals surface area contributed by atoms with Crippen molar-refractivity contribution in [3.8, 4) is 0 Å². The lowest BCUT2D eigenvalue weighted by Crippen LogP contribution is -2.42. The molecule has 3 heteroatoms. The molecule has 0 aliphatic carbocycles. The number of benzene rings is 1. The van der Waals surface area contributed by atoms with Gasteiger partial charge in [-0.25, -0.2) is 0 Å². The topological polar surface area (TPSA) is 24.1 Å². The Balaban J connectivity index is 2.54. The summed E-state index contributed by atoms with van der Waals surface area (Å²) < 4.78 is 0. The highest BCUT2D eigenvalue weighted by Gasteiger charge is 2.13. The van der Waals surface area contributed by atoms with Crippen LogP contribution in [0.15, 0.2) is 24.3 Å². The first-order valence-electron chi connectivity index (χ1n) is 4.72. The van der Waals surface area contributed by atoms with Crippen LogP contribution in [0.25, 0.3) is 0 Å². The van der Waals surface area contributed by atoms with Crippen LogP contribution < -0.4 is 10.6 Å². The third-order valence-corrected chi connectivity index (χ3v) is 2.47. The van der Waals surface area contributed by atoms with Gasteiger partial charge in [-0.1, -0.05) is 17.7 Å². The van der Waals surface area contributed by atoms with E-state index in [-0.39, 0.29) is 5.54 Å². The predicted octanol–water partition coefficient (Wildman–Crippen LogP) is 2.75. The molecule has 0 radical (unpaired) electrons. The molecule has 0 aromatic heterocycles. The van der Waals surface area contributed by atoms with Crippen molar-refractivity contribution in [3.63, 3.8) is 0 Å². The van der Waals surface area contributed by atoms with Gasteiger partial charge in [-0.05, 0) is 39.1 Å². The summed E-state index contributed by atoms with van der Waals surface area (Å²) in [4.78, 5) is 0. The van der Waals surface area contributed by atoms with E-state index in [1.54, 1.807) is 0 Å². The zero-order valence-corrected chi connectivity index (χ0v) is 9.65. The van der Waals surface area contributed by atoms with Gasteiger partial charge in [-0.15, -0.1) is 0 Å². The molecule has 0 unspecified atom stereocenters. The number of anilines is 1. The molecule has 0 aliphatic heterocycles. The highest BCUT2D eigenvalue weighted by atomic mass is 35.5. The first kappa shape index (κ1) is 11.3. The standard InChI is InChI=1S/C11H17ClN2/c1-11(2,13-3)8-14-10-6-4-5-9(12)7-10/h4-7,13-14H,8H2,1-3H3. The van der Waals surface area contributed by atoms with E-state index in [2.05, 4.69) is 24.5 Å². The monoisotopic (exact) mass is 212 g/mol. The van der Waals surface area contributed by atoms with Gasteiger partial charge in [0, 0.05) is 22.8 Å². The average molecular weight is 213 g/mol. The fourth-order valence-corrected chi connectivity index (χ4v) is 1.20. The Morgan fingerprint density at radius 1 is 1.36 bits per heavy atom. The molecular formula is C11H17ClN2. The zero-order chi connectivity index (χ0) is 10.6. The lowest BCUT2D eigenvalue weighted by Gasteiger charge is -2.24. The maximum atomic E-state index is 5.87. The quantitative estimate of drug-likeness (QED) is 0.802. The van der Waals surface area contributed by atoms with Gasteiger partial charge >= 0.3 is 0 Å². The van der Waals surface area contributed by atoms with E-state index in [0.717, 1.165) is 17.3 Å². The Labute approximate surface area is 90.7 Å². The number of likely N-dealkylation sites (N-methyl/N-ethyl adjacent to an activating group) is 1. The molecule has 1 aromatic rings. The van der Waals surface area contributed by atoms with Crippen LogP contribution >= 0.6 is 11.6 Å². The maximum Gasteiger partial charge on any atom is 0.0426 e. The molecule has 0 bridgehead atoms. The normalized spacial score (nSPS) is 11.4. The number of halogens is 1. The van der Waals surface area contributed by atoms with Crippen LogP contribution in [0.4, 0.5) is 5.69 Å². The molecule has 0 heterocycles. The fraction of sp³-hybridized carbons (Fsp3) is 0.455. The number of nitrogens with one attached hydrogen (secondary N) is 2. The SMILES string of the molecule is CNC(C)(C)CNc1cccc(Cl)c1. The Morgan fingerprint density at radius 3 is 2.64 bits per heavy atom.